The fourth-order valence-electron chi connectivity index (χ4n) is 1.62. The minimum atomic E-state index is -0.250. The predicted molar refractivity (Wildman–Crippen MR) is 68.8 cm³/mol. The van der Waals surface area contributed by atoms with Gasteiger partial charge in [-0.25, -0.2) is 0 Å². The van der Waals surface area contributed by atoms with E-state index in [1.807, 2.05) is 24.3 Å². The minimum Gasteiger partial charge on any atom is -0.392 e. The van der Waals surface area contributed by atoms with Crippen LogP contribution in [-0.2, 0) is 0 Å². The van der Waals surface area contributed by atoms with Crippen molar-refractivity contribution < 1.29 is 5.11 Å². The van der Waals surface area contributed by atoms with Gasteiger partial charge in [-0.3, -0.25) is 0 Å². The Hall–Kier alpha value is -0.570. The summed E-state index contributed by atoms with van der Waals surface area (Å²) in [4.78, 5) is 0. The Morgan fingerprint density at radius 2 is 1.94 bits per heavy atom. The number of hydrogen-bond acceptors (Lipinski definition) is 2. The van der Waals surface area contributed by atoms with E-state index in [4.69, 9.17) is 11.6 Å². The molecule has 0 saturated carbocycles. The first kappa shape index (κ1) is 13.5. The molecule has 0 amide bonds. The molecule has 1 rings (SSSR count). The summed E-state index contributed by atoms with van der Waals surface area (Å²) in [5.41, 5.74) is 1.19. The van der Waals surface area contributed by atoms with Crippen molar-refractivity contribution in [1.82, 2.24) is 5.32 Å². The van der Waals surface area contributed by atoms with Crippen LogP contribution in [0, 0.1) is 0 Å². The topological polar surface area (TPSA) is 32.3 Å². The lowest BCUT2D eigenvalue weighted by atomic mass is 10.1. The molecule has 0 bridgehead atoms. The Morgan fingerprint density at radius 1 is 1.31 bits per heavy atom. The first-order valence-corrected chi connectivity index (χ1v) is 6.18. The standard InChI is InChI=1S/C13H20ClNO/c1-3-4-13(16)9-15-10(2)11-5-7-12(14)8-6-11/h5-8,10,13,15-16H,3-4,9H2,1-2H3. The molecule has 0 aromatic heterocycles. The van der Waals surface area contributed by atoms with Gasteiger partial charge in [0.05, 0.1) is 6.10 Å². The van der Waals surface area contributed by atoms with Crippen LogP contribution in [0.2, 0.25) is 5.02 Å². The molecule has 1 aromatic rings. The third kappa shape index (κ3) is 4.52. The van der Waals surface area contributed by atoms with E-state index < -0.39 is 0 Å². The Balaban J connectivity index is 2.40. The maximum Gasteiger partial charge on any atom is 0.0664 e. The summed E-state index contributed by atoms with van der Waals surface area (Å²) in [5, 5.41) is 13.7. The molecule has 16 heavy (non-hydrogen) atoms. The van der Waals surface area contributed by atoms with Gasteiger partial charge in [-0.15, -0.1) is 0 Å². The van der Waals surface area contributed by atoms with Crippen LogP contribution in [0.5, 0.6) is 0 Å². The summed E-state index contributed by atoms with van der Waals surface area (Å²) in [6.45, 7) is 4.80. The zero-order valence-electron chi connectivity index (χ0n) is 9.91. The highest BCUT2D eigenvalue weighted by Crippen LogP contribution is 2.15. The lowest BCUT2D eigenvalue weighted by molar-refractivity contribution is 0.157. The third-order valence-corrected chi connectivity index (χ3v) is 2.90. The molecular formula is C13H20ClNO. The molecule has 0 aliphatic carbocycles. The van der Waals surface area contributed by atoms with Crippen molar-refractivity contribution in [2.75, 3.05) is 6.54 Å². The van der Waals surface area contributed by atoms with Crippen molar-refractivity contribution in [1.29, 1.82) is 0 Å². The molecule has 0 radical (unpaired) electrons. The van der Waals surface area contributed by atoms with Gasteiger partial charge in [0, 0.05) is 17.6 Å². The van der Waals surface area contributed by atoms with Crippen LogP contribution in [0.25, 0.3) is 0 Å². The van der Waals surface area contributed by atoms with Crippen molar-refractivity contribution in [2.45, 2.75) is 38.8 Å². The predicted octanol–water partition coefficient (Wildman–Crippen LogP) is 3.15. The molecule has 2 nitrogen and oxygen atoms in total. The van der Waals surface area contributed by atoms with E-state index in [9.17, 15) is 5.11 Å². The number of benzene rings is 1. The first-order valence-electron chi connectivity index (χ1n) is 5.80. The van der Waals surface area contributed by atoms with E-state index in [0.29, 0.717) is 6.54 Å². The SMILES string of the molecule is CCCC(O)CNC(C)c1ccc(Cl)cc1. The number of aliphatic hydroxyl groups excluding tert-OH is 1. The van der Waals surface area contributed by atoms with E-state index >= 15 is 0 Å². The molecule has 0 aliphatic heterocycles. The lowest BCUT2D eigenvalue weighted by Crippen LogP contribution is -2.28. The fourth-order valence-corrected chi connectivity index (χ4v) is 1.74. The molecule has 0 spiro atoms. The fraction of sp³-hybridized carbons (Fsp3) is 0.538. The number of hydrogen-bond donors (Lipinski definition) is 2. The largest absolute Gasteiger partial charge is 0.392 e. The second-order valence-electron chi connectivity index (χ2n) is 4.12. The molecule has 0 heterocycles. The van der Waals surface area contributed by atoms with Gasteiger partial charge in [0.2, 0.25) is 0 Å². The molecule has 2 unspecified atom stereocenters. The smallest absolute Gasteiger partial charge is 0.0664 e. The van der Waals surface area contributed by atoms with Gasteiger partial charge in [-0.2, -0.15) is 0 Å². The maximum absolute atomic E-state index is 9.61. The zero-order valence-corrected chi connectivity index (χ0v) is 10.7. The molecule has 0 saturated heterocycles. The summed E-state index contributed by atoms with van der Waals surface area (Å²) in [6, 6.07) is 8.02. The highest BCUT2D eigenvalue weighted by molar-refractivity contribution is 6.30. The minimum absolute atomic E-state index is 0.240. The number of aliphatic hydroxyl groups is 1. The molecule has 0 fully saturated rings. The monoisotopic (exact) mass is 241 g/mol. The Labute approximate surface area is 103 Å². The van der Waals surface area contributed by atoms with Crippen molar-refractivity contribution in [2.24, 2.45) is 0 Å². The summed E-state index contributed by atoms with van der Waals surface area (Å²) in [5.74, 6) is 0. The van der Waals surface area contributed by atoms with Gasteiger partial charge in [-0.1, -0.05) is 37.1 Å². The summed E-state index contributed by atoms with van der Waals surface area (Å²) in [7, 11) is 0. The van der Waals surface area contributed by atoms with E-state index in [-0.39, 0.29) is 12.1 Å². The first-order chi connectivity index (χ1) is 7.63. The van der Waals surface area contributed by atoms with Gasteiger partial charge in [0.15, 0.2) is 0 Å². The van der Waals surface area contributed by atoms with E-state index in [0.717, 1.165) is 17.9 Å². The molecule has 1 aromatic carbocycles. The van der Waals surface area contributed by atoms with Crippen LogP contribution in [-0.4, -0.2) is 17.8 Å². The van der Waals surface area contributed by atoms with Crippen LogP contribution in [0.1, 0.15) is 38.3 Å². The van der Waals surface area contributed by atoms with Crippen molar-refractivity contribution in [3.05, 3.63) is 34.9 Å². The van der Waals surface area contributed by atoms with Crippen LogP contribution >= 0.6 is 11.6 Å². The molecule has 90 valence electrons. The summed E-state index contributed by atoms with van der Waals surface area (Å²) >= 11 is 5.82. The quantitative estimate of drug-likeness (QED) is 0.802. The Kier molecular flexibility index (Phi) is 5.81. The van der Waals surface area contributed by atoms with Crippen molar-refractivity contribution >= 4 is 11.6 Å². The number of halogens is 1. The normalized spacial score (nSPS) is 14.8. The highest BCUT2D eigenvalue weighted by Gasteiger charge is 2.07. The van der Waals surface area contributed by atoms with Crippen LogP contribution < -0.4 is 5.32 Å². The summed E-state index contributed by atoms with van der Waals surface area (Å²) in [6.07, 6.45) is 1.61. The van der Waals surface area contributed by atoms with Gasteiger partial charge < -0.3 is 10.4 Å². The van der Waals surface area contributed by atoms with E-state index in [1.165, 1.54) is 5.56 Å². The maximum atomic E-state index is 9.61. The van der Waals surface area contributed by atoms with Crippen molar-refractivity contribution in [3.8, 4) is 0 Å². The molecule has 2 N–H and O–H groups in total. The van der Waals surface area contributed by atoms with Gasteiger partial charge in [0.25, 0.3) is 0 Å². The van der Waals surface area contributed by atoms with E-state index in [1.54, 1.807) is 0 Å². The average Bonchev–Trinajstić information content (AvgIpc) is 2.27. The van der Waals surface area contributed by atoms with Crippen LogP contribution in [0.15, 0.2) is 24.3 Å². The summed E-state index contributed by atoms with van der Waals surface area (Å²) < 4.78 is 0. The van der Waals surface area contributed by atoms with Gasteiger partial charge >= 0.3 is 0 Å². The molecule has 0 aliphatic rings. The highest BCUT2D eigenvalue weighted by atomic mass is 35.5. The lowest BCUT2D eigenvalue weighted by Gasteiger charge is -2.17. The Bertz CT molecular complexity index is 299. The van der Waals surface area contributed by atoms with Gasteiger partial charge in [0.1, 0.15) is 0 Å². The molecule has 3 heteroatoms. The number of rotatable bonds is 6. The average molecular weight is 242 g/mol. The van der Waals surface area contributed by atoms with Crippen LogP contribution in [0.3, 0.4) is 0 Å². The van der Waals surface area contributed by atoms with Crippen LogP contribution in [0.4, 0.5) is 0 Å². The Morgan fingerprint density at radius 3 is 2.50 bits per heavy atom. The van der Waals surface area contributed by atoms with Crippen molar-refractivity contribution in [3.63, 3.8) is 0 Å². The zero-order chi connectivity index (χ0) is 12.0. The second-order valence-corrected chi connectivity index (χ2v) is 4.56. The number of nitrogens with one attached hydrogen (secondary N) is 1. The molecule has 2 atom stereocenters. The second kappa shape index (κ2) is 6.89. The molecular weight excluding hydrogens is 222 g/mol. The third-order valence-electron chi connectivity index (χ3n) is 2.65. The van der Waals surface area contributed by atoms with E-state index in [2.05, 4.69) is 19.2 Å². The van der Waals surface area contributed by atoms with Gasteiger partial charge in [-0.05, 0) is 31.0 Å².